The highest BCUT2D eigenvalue weighted by Crippen LogP contribution is 2.39. The molecule has 0 aromatic heterocycles. The molecule has 106 valence electrons. The van der Waals surface area contributed by atoms with Crippen LogP contribution in [0.1, 0.15) is 56.8 Å². The van der Waals surface area contributed by atoms with Crippen molar-refractivity contribution >= 4 is 0 Å². The minimum absolute atomic E-state index is 0.0154. The van der Waals surface area contributed by atoms with Gasteiger partial charge in [-0.2, -0.15) is 0 Å². The molecule has 1 aromatic carbocycles. The first-order valence-electron chi connectivity index (χ1n) is 7.58. The lowest BCUT2D eigenvalue weighted by Gasteiger charge is -2.13. The minimum atomic E-state index is -0.0154. The van der Waals surface area contributed by atoms with Gasteiger partial charge in [0.2, 0.25) is 0 Å². The van der Waals surface area contributed by atoms with E-state index in [0.29, 0.717) is 5.92 Å². The topological polar surface area (TPSA) is 21.8 Å². The fourth-order valence-corrected chi connectivity index (χ4v) is 2.35. The average molecular weight is 262 g/mol. The first kappa shape index (κ1) is 14.5. The number of ether oxygens (including phenoxy) is 2. The number of rotatable bonds is 8. The summed E-state index contributed by atoms with van der Waals surface area (Å²) >= 11 is 0. The van der Waals surface area contributed by atoms with Gasteiger partial charge in [0.05, 0.1) is 6.61 Å². The summed E-state index contributed by atoms with van der Waals surface area (Å²) in [6, 6.07) is 8.53. The van der Waals surface area contributed by atoms with Crippen molar-refractivity contribution in [2.75, 3.05) is 6.61 Å². The molecule has 0 amide bonds. The molecule has 0 saturated carbocycles. The molecule has 1 saturated heterocycles. The zero-order valence-corrected chi connectivity index (χ0v) is 12.4. The fraction of sp³-hybridized carbons (Fsp3) is 0.647. The van der Waals surface area contributed by atoms with E-state index in [1.165, 1.54) is 36.8 Å². The Hall–Kier alpha value is -0.860. The zero-order valence-electron chi connectivity index (χ0n) is 12.4. The Labute approximate surface area is 117 Å². The Morgan fingerprint density at radius 1 is 1.21 bits per heavy atom. The highest BCUT2D eigenvalue weighted by Gasteiger charge is 2.41. The predicted octanol–water partition coefficient (Wildman–Crippen LogP) is 4.63. The van der Waals surface area contributed by atoms with Gasteiger partial charge in [-0.15, -0.1) is 0 Å². The standard InChI is InChI=1S/C17H26O2/c1-4-6-7-14(5-2)12-18-17-16(19-17)15-10-8-13(3)9-11-15/h8-11,14,16-17H,4-7,12H2,1-3H3. The number of unbranched alkanes of at least 4 members (excludes halogenated alkanes) is 1. The van der Waals surface area contributed by atoms with E-state index >= 15 is 0 Å². The molecule has 0 radical (unpaired) electrons. The maximum Gasteiger partial charge on any atom is 0.189 e. The lowest BCUT2D eigenvalue weighted by molar-refractivity contribution is 0.0247. The predicted molar refractivity (Wildman–Crippen MR) is 78.1 cm³/mol. The van der Waals surface area contributed by atoms with Gasteiger partial charge in [0, 0.05) is 0 Å². The molecule has 0 bridgehead atoms. The molecule has 0 aliphatic carbocycles. The number of hydrogen-bond donors (Lipinski definition) is 0. The van der Waals surface area contributed by atoms with Gasteiger partial charge in [-0.05, 0) is 24.8 Å². The van der Waals surface area contributed by atoms with Gasteiger partial charge in [-0.3, -0.25) is 0 Å². The monoisotopic (exact) mass is 262 g/mol. The molecule has 0 N–H and O–H groups in total. The Kier molecular flexibility index (Phi) is 5.41. The highest BCUT2D eigenvalue weighted by atomic mass is 16.8. The second kappa shape index (κ2) is 7.06. The second-order valence-corrected chi connectivity index (χ2v) is 5.59. The molecule has 3 atom stereocenters. The van der Waals surface area contributed by atoms with Gasteiger partial charge >= 0.3 is 0 Å². The van der Waals surface area contributed by atoms with Crippen LogP contribution in [0.15, 0.2) is 24.3 Å². The molecule has 3 unspecified atom stereocenters. The van der Waals surface area contributed by atoms with Crippen LogP contribution in [0.25, 0.3) is 0 Å². The number of epoxide rings is 1. The van der Waals surface area contributed by atoms with Gasteiger partial charge in [-0.1, -0.05) is 62.9 Å². The Morgan fingerprint density at radius 2 is 1.95 bits per heavy atom. The summed E-state index contributed by atoms with van der Waals surface area (Å²) in [4.78, 5) is 0. The molecule has 1 aromatic rings. The number of aryl methyl sites for hydroxylation is 1. The summed E-state index contributed by atoms with van der Waals surface area (Å²) in [5, 5.41) is 0. The minimum Gasteiger partial charge on any atom is -0.349 e. The quantitative estimate of drug-likeness (QED) is 0.637. The van der Waals surface area contributed by atoms with Crippen molar-refractivity contribution in [2.24, 2.45) is 5.92 Å². The smallest absolute Gasteiger partial charge is 0.189 e. The van der Waals surface area contributed by atoms with Crippen molar-refractivity contribution in [1.29, 1.82) is 0 Å². The van der Waals surface area contributed by atoms with Gasteiger partial charge in [0.15, 0.2) is 6.29 Å². The van der Waals surface area contributed by atoms with E-state index in [1.807, 2.05) is 0 Å². The third-order valence-corrected chi connectivity index (χ3v) is 3.90. The van der Waals surface area contributed by atoms with Crippen molar-refractivity contribution in [2.45, 2.75) is 58.8 Å². The third kappa shape index (κ3) is 4.32. The van der Waals surface area contributed by atoms with Gasteiger partial charge < -0.3 is 9.47 Å². The third-order valence-electron chi connectivity index (χ3n) is 3.90. The van der Waals surface area contributed by atoms with Crippen LogP contribution in [0.3, 0.4) is 0 Å². The van der Waals surface area contributed by atoms with Gasteiger partial charge in [0.25, 0.3) is 0 Å². The molecular weight excluding hydrogens is 236 g/mol. The zero-order chi connectivity index (χ0) is 13.7. The van der Waals surface area contributed by atoms with Crippen molar-refractivity contribution < 1.29 is 9.47 Å². The molecule has 19 heavy (non-hydrogen) atoms. The Bertz CT molecular complexity index is 371. The van der Waals surface area contributed by atoms with Crippen LogP contribution in [-0.2, 0) is 9.47 Å². The van der Waals surface area contributed by atoms with E-state index in [1.54, 1.807) is 0 Å². The SMILES string of the molecule is CCCCC(CC)COC1OC1c1ccc(C)cc1. The Balaban J connectivity index is 1.72. The van der Waals surface area contributed by atoms with Crippen LogP contribution in [0, 0.1) is 12.8 Å². The fourth-order valence-electron chi connectivity index (χ4n) is 2.35. The van der Waals surface area contributed by atoms with Crippen LogP contribution in [0.2, 0.25) is 0 Å². The lowest BCUT2D eigenvalue weighted by Crippen LogP contribution is -2.10. The lowest BCUT2D eigenvalue weighted by atomic mass is 10.0. The van der Waals surface area contributed by atoms with Crippen LogP contribution in [0.5, 0.6) is 0 Å². The van der Waals surface area contributed by atoms with Crippen molar-refractivity contribution in [3.63, 3.8) is 0 Å². The van der Waals surface area contributed by atoms with E-state index in [9.17, 15) is 0 Å². The summed E-state index contributed by atoms with van der Waals surface area (Å²) in [6.07, 6.45) is 5.18. The molecule has 2 rings (SSSR count). The molecule has 1 aliphatic rings. The Morgan fingerprint density at radius 3 is 2.58 bits per heavy atom. The number of benzene rings is 1. The van der Waals surface area contributed by atoms with Gasteiger partial charge in [0.1, 0.15) is 6.10 Å². The maximum absolute atomic E-state index is 5.88. The van der Waals surface area contributed by atoms with E-state index < -0.39 is 0 Å². The largest absolute Gasteiger partial charge is 0.349 e. The summed E-state index contributed by atoms with van der Waals surface area (Å²) in [7, 11) is 0. The van der Waals surface area contributed by atoms with Crippen molar-refractivity contribution in [3.8, 4) is 0 Å². The summed E-state index contributed by atoms with van der Waals surface area (Å²) in [5.41, 5.74) is 2.52. The molecule has 1 aliphatic heterocycles. The van der Waals surface area contributed by atoms with Crippen LogP contribution >= 0.6 is 0 Å². The molecule has 1 fully saturated rings. The molecule has 2 nitrogen and oxygen atoms in total. The van der Waals surface area contributed by atoms with Crippen molar-refractivity contribution in [1.82, 2.24) is 0 Å². The summed E-state index contributed by atoms with van der Waals surface area (Å²) < 4.78 is 11.5. The normalized spacial score (nSPS) is 23.3. The van der Waals surface area contributed by atoms with E-state index in [2.05, 4.69) is 45.0 Å². The molecule has 1 heterocycles. The highest BCUT2D eigenvalue weighted by molar-refractivity contribution is 5.25. The van der Waals surface area contributed by atoms with Gasteiger partial charge in [-0.25, -0.2) is 0 Å². The first-order chi connectivity index (χ1) is 9.24. The van der Waals surface area contributed by atoms with Crippen LogP contribution < -0.4 is 0 Å². The molecule has 0 spiro atoms. The summed E-state index contributed by atoms with van der Waals surface area (Å²) in [6.45, 7) is 7.43. The molecular formula is C17H26O2. The van der Waals surface area contributed by atoms with Crippen molar-refractivity contribution in [3.05, 3.63) is 35.4 Å². The summed E-state index contributed by atoms with van der Waals surface area (Å²) in [5.74, 6) is 0.683. The van der Waals surface area contributed by atoms with E-state index in [4.69, 9.17) is 9.47 Å². The second-order valence-electron chi connectivity index (χ2n) is 5.59. The van der Waals surface area contributed by atoms with E-state index in [-0.39, 0.29) is 12.4 Å². The molecule has 2 heteroatoms. The average Bonchev–Trinajstić information content (AvgIpc) is 3.19. The first-order valence-corrected chi connectivity index (χ1v) is 7.58. The van der Waals surface area contributed by atoms with Crippen LogP contribution in [0.4, 0.5) is 0 Å². The van der Waals surface area contributed by atoms with Crippen LogP contribution in [-0.4, -0.2) is 12.9 Å². The van der Waals surface area contributed by atoms with E-state index in [0.717, 1.165) is 6.61 Å². The maximum atomic E-state index is 5.88. The number of hydrogen-bond acceptors (Lipinski definition) is 2.